The topological polar surface area (TPSA) is 112 Å². The van der Waals surface area contributed by atoms with E-state index in [4.69, 9.17) is 4.52 Å². The smallest absolute Gasteiger partial charge is 0.332 e. The van der Waals surface area contributed by atoms with Crippen LogP contribution >= 0.6 is 11.3 Å². The summed E-state index contributed by atoms with van der Waals surface area (Å²) >= 11 is 1.05. The molecule has 3 heterocycles. The van der Waals surface area contributed by atoms with E-state index in [1.54, 1.807) is 0 Å². The number of rotatable bonds is 4. The maximum Gasteiger partial charge on any atom is 0.332 e. The van der Waals surface area contributed by atoms with Gasteiger partial charge in [-0.1, -0.05) is 5.16 Å². The van der Waals surface area contributed by atoms with Crippen LogP contribution in [0.4, 0.5) is 13.9 Å². The minimum atomic E-state index is -0.771. The quantitative estimate of drug-likeness (QED) is 0.525. The van der Waals surface area contributed by atoms with Crippen LogP contribution in [0.25, 0.3) is 22.3 Å². The van der Waals surface area contributed by atoms with Crippen molar-refractivity contribution in [3.63, 3.8) is 0 Å². The Morgan fingerprint density at radius 1 is 1.23 bits per heavy atom. The molecule has 4 rings (SSSR count). The Morgan fingerprint density at radius 2 is 2.00 bits per heavy atom. The summed E-state index contributed by atoms with van der Waals surface area (Å²) < 4.78 is 34.1. The summed E-state index contributed by atoms with van der Waals surface area (Å²) in [4.78, 5) is 40.9. The molecule has 0 saturated carbocycles. The van der Waals surface area contributed by atoms with E-state index in [0.717, 1.165) is 32.6 Å². The molecule has 0 radical (unpaired) electrons. The fraction of sp³-hybridized carbons (Fsp3) is 0.167. The van der Waals surface area contributed by atoms with Gasteiger partial charge in [-0.25, -0.2) is 18.6 Å². The normalized spacial score (nSPS) is 11.2. The first kappa shape index (κ1) is 19.6. The maximum atomic E-state index is 13.9. The van der Waals surface area contributed by atoms with Gasteiger partial charge in [0.25, 0.3) is 5.56 Å². The third-order valence-corrected chi connectivity index (χ3v) is 5.19. The molecular formula is C18H13F2N5O4S. The third-order valence-electron chi connectivity index (χ3n) is 4.43. The zero-order valence-electron chi connectivity index (χ0n) is 15.6. The first-order valence-electron chi connectivity index (χ1n) is 8.51. The number of hydrogen-bond acceptors (Lipinski definition) is 7. The number of nitrogens with one attached hydrogen (secondary N) is 1. The molecule has 4 aromatic rings. The van der Waals surface area contributed by atoms with Gasteiger partial charge in [0.2, 0.25) is 5.91 Å². The number of fused-ring (bicyclic) bond motifs is 1. The molecule has 30 heavy (non-hydrogen) atoms. The molecule has 1 N–H and O–H groups in total. The number of aromatic nitrogens is 4. The molecule has 0 atom stereocenters. The number of amides is 1. The summed E-state index contributed by atoms with van der Waals surface area (Å²) in [5, 5.41) is 7.97. The summed E-state index contributed by atoms with van der Waals surface area (Å²) in [6, 6.07) is 3.11. The van der Waals surface area contributed by atoms with Gasteiger partial charge in [-0.15, -0.1) is 11.3 Å². The van der Waals surface area contributed by atoms with Gasteiger partial charge in [0.05, 0.1) is 12.1 Å². The highest BCUT2D eigenvalue weighted by Crippen LogP contribution is 2.27. The molecule has 154 valence electrons. The second kappa shape index (κ2) is 7.30. The molecule has 0 saturated heterocycles. The Balaban J connectivity index is 1.57. The lowest BCUT2D eigenvalue weighted by Crippen LogP contribution is -2.37. The molecule has 3 aromatic heterocycles. The highest BCUT2D eigenvalue weighted by atomic mass is 32.1. The number of halogens is 2. The number of anilines is 1. The second-order valence-corrected chi connectivity index (χ2v) is 7.26. The van der Waals surface area contributed by atoms with E-state index in [9.17, 15) is 23.2 Å². The van der Waals surface area contributed by atoms with Gasteiger partial charge in [-0.05, 0) is 12.1 Å². The molecule has 0 bridgehead atoms. The van der Waals surface area contributed by atoms with Gasteiger partial charge in [0.1, 0.15) is 17.0 Å². The predicted molar refractivity (Wildman–Crippen MR) is 104 cm³/mol. The molecular weight excluding hydrogens is 420 g/mol. The summed E-state index contributed by atoms with van der Waals surface area (Å²) in [6.07, 6.45) is -0.330. The molecule has 0 aliphatic heterocycles. The van der Waals surface area contributed by atoms with Crippen molar-refractivity contribution >= 4 is 33.4 Å². The zero-order valence-corrected chi connectivity index (χ0v) is 16.4. The minimum Gasteiger partial charge on any atom is -0.358 e. The number of hydrogen-bond donors (Lipinski definition) is 1. The Bertz CT molecular complexity index is 1420. The molecule has 1 amide bonds. The van der Waals surface area contributed by atoms with Gasteiger partial charge in [0.15, 0.2) is 16.5 Å². The summed E-state index contributed by atoms with van der Waals surface area (Å²) in [5.74, 6) is -2.03. The van der Waals surface area contributed by atoms with Crippen LogP contribution in [0, 0.1) is 11.6 Å². The minimum absolute atomic E-state index is 0.0000543. The van der Waals surface area contributed by atoms with Crippen LogP contribution in [0.15, 0.2) is 37.7 Å². The number of aryl methyl sites for hydroxylation is 1. The average molecular weight is 433 g/mol. The van der Waals surface area contributed by atoms with Gasteiger partial charge in [0, 0.05) is 31.1 Å². The Morgan fingerprint density at radius 3 is 2.73 bits per heavy atom. The molecule has 0 spiro atoms. The van der Waals surface area contributed by atoms with E-state index < -0.39 is 28.8 Å². The first-order valence-corrected chi connectivity index (χ1v) is 9.39. The molecule has 0 aliphatic carbocycles. The van der Waals surface area contributed by atoms with E-state index in [-0.39, 0.29) is 39.6 Å². The standard InChI is InChI=1S/C18H13F2N5O4S/c1-24-15-14(16(27)25(2)18(24)28)12(29-23-15)6-13(26)22-17-21-11(7-30-17)9-4-3-8(19)5-10(9)20/h3-5,7H,6H2,1-2H3,(H,21,22,26). The average Bonchev–Trinajstić information content (AvgIpc) is 3.32. The third kappa shape index (κ3) is 3.30. The number of thiazole rings is 1. The molecule has 0 unspecified atom stereocenters. The van der Waals surface area contributed by atoms with E-state index >= 15 is 0 Å². The Kier molecular flexibility index (Phi) is 4.78. The fourth-order valence-corrected chi connectivity index (χ4v) is 3.64. The van der Waals surface area contributed by atoms with Crippen molar-refractivity contribution in [2.45, 2.75) is 6.42 Å². The van der Waals surface area contributed by atoms with Gasteiger partial charge in [-0.2, -0.15) is 0 Å². The number of carbonyl (C=O) groups excluding carboxylic acids is 1. The van der Waals surface area contributed by atoms with Crippen molar-refractivity contribution < 1.29 is 18.1 Å². The van der Waals surface area contributed by atoms with Crippen LogP contribution in [-0.2, 0) is 25.3 Å². The lowest BCUT2D eigenvalue weighted by molar-refractivity contribution is -0.115. The van der Waals surface area contributed by atoms with Crippen molar-refractivity contribution in [1.29, 1.82) is 0 Å². The fourth-order valence-electron chi connectivity index (χ4n) is 2.91. The lowest BCUT2D eigenvalue weighted by atomic mass is 10.1. The molecule has 0 fully saturated rings. The number of carbonyl (C=O) groups is 1. The molecule has 0 aliphatic rings. The Hall–Kier alpha value is -3.67. The van der Waals surface area contributed by atoms with Gasteiger partial charge < -0.3 is 9.84 Å². The first-order chi connectivity index (χ1) is 14.3. The van der Waals surface area contributed by atoms with E-state index in [1.165, 1.54) is 25.5 Å². The highest BCUT2D eigenvalue weighted by molar-refractivity contribution is 7.14. The number of benzene rings is 1. The van der Waals surface area contributed by atoms with Crippen LogP contribution in [0.5, 0.6) is 0 Å². The van der Waals surface area contributed by atoms with Crippen molar-refractivity contribution in [3.05, 3.63) is 61.8 Å². The van der Waals surface area contributed by atoms with Gasteiger partial charge >= 0.3 is 5.69 Å². The van der Waals surface area contributed by atoms with Crippen LogP contribution < -0.4 is 16.6 Å². The monoisotopic (exact) mass is 433 g/mol. The Labute approximate surface area is 170 Å². The molecule has 12 heteroatoms. The maximum absolute atomic E-state index is 13.9. The van der Waals surface area contributed by atoms with Crippen molar-refractivity contribution in [3.8, 4) is 11.3 Å². The van der Waals surface area contributed by atoms with E-state index in [0.29, 0.717) is 0 Å². The summed E-state index contributed by atoms with van der Waals surface area (Å²) in [7, 11) is 2.74. The van der Waals surface area contributed by atoms with Crippen LogP contribution in [0.1, 0.15) is 5.76 Å². The lowest BCUT2D eigenvalue weighted by Gasteiger charge is -2.02. The van der Waals surface area contributed by atoms with Crippen molar-refractivity contribution in [2.75, 3.05) is 5.32 Å². The second-order valence-electron chi connectivity index (χ2n) is 6.40. The molecule has 1 aromatic carbocycles. The van der Waals surface area contributed by atoms with Crippen LogP contribution in [-0.4, -0.2) is 25.2 Å². The van der Waals surface area contributed by atoms with Gasteiger partial charge in [-0.3, -0.25) is 18.7 Å². The largest absolute Gasteiger partial charge is 0.358 e. The van der Waals surface area contributed by atoms with Crippen LogP contribution in [0.2, 0.25) is 0 Å². The predicted octanol–water partition coefficient (Wildman–Crippen LogP) is 1.81. The van der Waals surface area contributed by atoms with E-state index in [2.05, 4.69) is 15.5 Å². The molecule has 9 nitrogen and oxygen atoms in total. The van der Waals surface area contributed by atoms with Crippen molar-refractivity contribution in [2.24, 2.45) is 14.1 Å². The summed E-state index contributed by atoms with van der Waals surface area (Å²) in [5.41, 5.74) is -0.824. The van der Waals surface area contributed by atoms with Crippen LogP contribution in [0.3, 0.4) is 0 Å². The summed E-state index contributed by atoms with van der Waals surface area (Å²) in [6.45, 7) is 0. The number of nitrogens with zero attached hydrogens (tertiary/aromatic N) is 4. The van der Waals surface area contributed by atoms with E-state index in [1.807, 2.05) is 0 Å². The highest BCUT2D eigenvalue weighted by Gasteiger charge is 2.21. The zero-order chi connectivity index (χ0) is 21.6. The van der Waals surface area contributed by atoms with Crippen molar-refractivity contribution in [1.82, 2.24) is 19.3 Å². The SMILES string of the molecule is Cn1c(=O)c2c(CC(=O)Nc3nc(-c4ccc(F)cc4F)cs3)onc2n(C)c1=O.